The van der Waals surface area contributed by atoms with Gasteiger partial charge in [0.05, 0.1) is 38.8 Å². The molecule has 0 saturated carbocycles. The van der Waals surface area contributed by atoms with E-state index in [4.69, 9.17) is 18.1 Å². The summed E-state index contributed by atoms with van der Waals surface area (Å²) >= 11 is 0. The molecule has 4 aromatic rings. The van der Waals surface area contributed by atoms with Crippen LogP contribution in [0.1, 0.15) is 61.1 Å². The van der Waals surface area contributed by atoms with Gasteiger partial charge >= 0.3 is 15.2 Å². The van der Waals surface area contributed by atoms with Crippen LogP contribution < -0.4 is 0 Å². The molecule has 0 spiro atoms. The molecular formula is C36H42O6P2. The summed E-state index contributed by atoms with van der Waals surface area (Å²) in [6, 6.07) is 36.8. The van der Waals surface area contributed by atoms with E-state index >= 15 is 0 Å². The van der Waals surface area contributed by atoms with Crippen LogP contribution >= 0.6 is 15.2 Å². The first kappa shape index (κ1) is 33.8. The van der Waals surface area contributed by atoms with Crippen molar-refractivity contribution in [3.05, 3.63) is 143 Å². The van der Waals surface area contributed by atoms with Crippen molar-refractivity contribution in [2.75, 3.05) is 26.4 Å². The van der Waals surface area contributed by atoms with Crippen molar-refractivity contribution in [1.82, 2.24) is 0 Å². The summed E-state index contributed by atoms with van der Waals surface area (Å²) in [6.07, 6.45) is 0.416. The van der Waals surface area contributed by atoms with Gasteiger partial charge in [-0.05, 0) is 72.2 Å². The summed E-state index contributed by atoms with van der Waals surface area (Å²) in [5.41, 5.74) is 8.04. The highest BCUT2D eigenvalue weighted by molar-refractivity contribution is 7.53. The normalized spacial score (nSPS) is 12.6. The van der Waals surface area contributed by atoms with Gasteiger partial charge in [-0.15, -0.1) is 0 Å². The van der Waals surface area contributed by atoms with Crippen LogP contribution in [0.25, 0.3) is 11.1 Å². The van der Waals surface area contributed by atoms with E-state index in [1.165, 1.54) is 0 Å². The molecule has 0 radical (unpaired) electrons. The van der Waals surface area contributed by atoms with E-state index in [9.17, 15) is 9.13 Å². The molecule has 0 aliphatic rings. The molecule has 0 heterocycles. The van der Waals surface area contributed by atoms with E-state index in [-0.39, 0.29) is 12.3 Å². The maximum atomic E-state index is 13.2. The molecule has 0 aliphatic heterocycles. The van der Waals surface area contributed by atoms with Crippen LogP contribution in [0.4, 0.5) is 0 Å². The lowest BCUT2D eigenvalue weighted by atomic mass is 9.85. The number of hydrogen-bond donors (Lipinski definition) is 0. The fourth-order valence-corrected chi connectivity index (χ4v) is 8.57. The summed E-state index contributed by atoms with van der Waals surface area (Å²) in [5, 5.41) is 0. The van der Waals surface area contributed by atoms with Crippen molar-refractivity contribution in [2.24, 2.45) is 0 Å². The molecule has 6 nitrogen and oxygen atoms in total. The van der Waals surface area contributed by atoms with Crippen molar-refractivity contribution >= 4 is 26.3 Å². The van der Waals surface area contributed by atoms with Crippen LogP contribution in [0.3, 0.4) is 0 Å². The Labute approximate surface area is 262 Å². The minimum absolute atomic E-state index is 0.208. The molecule has 0 bridgehead atoms. The third kappa shape index (κ3) is 8.99. The Bertz CT molecular complexity index is 1440. The van der Waals surface area contributed by atoms with E-state index in [0.29, 0.717) is 26.4 Å². The van der Waals surface area contributed by atoms with Gasteiger partial charge in [-0.25, -0.2) is 0 Å². The number of rotatable bonds is 16. The van der Waals surface area contributed by atoms with Crippen molar-refractivity contribution in [2.45, 2.75) is 40.0 Å². The summed E-state index contributed by atoms with van der Waals surface area (Å²) in [5.74, 6) is 0. The predicted octanol–water partition coefficient (Wildman–Crippen LogP) is 10.2. The van der Waals surface area contributed by atoms with Crippen LogP contribution in [-0.2, 0) is 39.5 Å². The van der Waals surface area contributed by atoms with Crippen LogP contribution in [0.5, 0.6) is 0 Å². The second-order valence-corrected chi connectivity index (χ2v) is 14.2. The average molecular weight is 633 g/mol. The SMILES string of the molecule is CCOP(=O)(Cc1ccc(/C(=C(\c2ccccc2)c2ccc(CP(=O)(OCC)OCC)cc2)c2ccccc2)cc1)OCC. The maximum Gasteiger partial charge on any atom is 0.335 e. The smallest absolute Gasteiger partial charge is 0.309 e. The van der Waals surface area contributed by atoms with Gasteiger partial charge < -0.3 is 18.1 Å². The van der Waals surface area contributed by atoms with E-state index in [2.05, 4.69) is 48.5 Å². The molecule has 8 heteroatoms. The molecule has 0 fully saturated rings. The van der Waals surface area contributed by atoms with Gasteiger partial charge in [0.1, 0.15) is 0 Å². The summed E-state index contributed by atoms with van der Waals surface area (Å²) in [4.78, 5) is 0. The Hall–Kier alpha value is -3.08. The molecule has 232 valence electrons. The zero-order valence-corrected chi connectivity index (χ0v) is 27.8. The van der Waals surface area contributed by atoms with Crippen molar-refractivity contribution in [1.29, 1.82) is 0 Å². The predicted molar refractivity (Wildman–Crippen MR) is 180 cm³/mol. The van der Waals surface area contributed by atoms with E-state index in [1.807, 2.05) is 88.4 Å². The fraction of sp³-hybridized carbons (Fsp3) is 0.278. The van der Waals surface area contributed by atoms with Crippen LogP contribution in [-0.4, -0.2) is 26.4 Å². The molecule has 0 aliphatic carbocycles. The third-order valence-corrected chi connectivity index (χ3v) is 11.0. The summed E-state index contributed by atoms with van der Waals surface area (Å²) in [7, 11) is -6.46. The van der Waals surface area contributed by atoms with Gasteiger partial charge in [0.2, 0.25) is 0 Å². The quantitative estimate of drug-likeness (QED) is 0.0904. The first-order valence-electron chi connectivity index (χ1n) is 15.1. The molecule has 0 saturated heterocycles. The minimum Gasteiger partial charge on any atom is -0.309 e. The molecule has 4 rings (SSSR count). The molecule has 0 aromatic heterocycles. The maximum absolute atomic E-state index is 13.2. The first-order valence-corrected chi connectivity index (χ1v) is 18.6. The Morgan fingerprint density at radius 3 is 0.977 bits per heavy atom. The minimum atomic E-state index is -3.23. The Morgan fingerprint density at radius 1 is 0.432 bits per heavy atom. The largest absolute Gasteiger partial charge is 0.335 e. The van der Waals surface area contributed by atoms with Gasteiger partial charge in [0.15, 0.2) is 0 Å². The zero-order chi connectivity index (χ0) is 31.4. The molecule has 0 amide bonds. The molecule has 4 aromatic carbocycles. The zero-order valence-electron chi connectivity index (χ0n) is 26.0. The van der Waals surface area contributed by atoms with Crippen LogP contribution in [0.2, 0.25) is 0 Å². The molecule has 44 heavy (non-hydrogen) atoms. The second-order valence-electron chi connectivity index (χ2n) is 10.1. The van der Waals surface area contributed by atoms with Gasteiger partial charge in [-0.2, -0.15) is 0 Å². The number of hydrogen-bond acceptors (Lipinski definition) is 6. The van der Waals surface area contributed by atoms with Crippen molar-refractivity contribution < 1.29 is 27.2 Å². The highest BCUT2D eigenvalue weighted by Gasteiger charge is 2.26. The summed E-state index contributed by atoms with van der Waals surface area (Å²) in [6.45, 7) is 8.57. The van der Waals surface area contributed by atoms with Gasteiger partial charge in [-0.3, -0.25) is 9.13 Å². The average Bonchev–Trinajstić information content (AvgIpc) is 3.02. The lowest BCUT2D eigenvalue weighted by Crippen LogP contribution is -2.01. The van der Waals surface area contributed by atoms with Gasteiger partial charge in [0.25, 0.3) is 0 Å². The Kier molecular flexibility index (Phi) is 12.5. The van der Waals surface area contributed by atoms with Crippen molar-refractivity contribution in [3.63, 3.8) is 0 Å². The molecule has 0 N–H and O–H groups in total. The highest BCUT2D eigenvalue weighted by atomic mass is 31.2. The van der Waals surface area contributed by atoms with E-state index in [1.54, 1.807) is 0 Å². The van der Waals surface area contributed by atoms with E-state index < -0.39 is 15.2 Å². The number of benzene rings is 4. The fourth-order valence-electron chi connectivity index (χ4n) is 5.17. The molecule has 0 unspecified atom stereocenters. The highest BCUT2D eigenvalue weighted by Crippen LogP contribution is 2.52. The lowest BCUT2D eigenvalue weighted by Gasteiger charge is -2.20. The van der Waals surface area contributed by atoms with Crippen molar-refractivity contribution in [3.8, 4) is 0 Å². The molecule has 0 atom stereocenters. The summed E-state index contributed by atoms with van der Waals surface area (Å²) < 4.78 is 48.5. The monoisotopic (exact) mass is 632 g/mol. The third-order valence-electron chi connectivity index (χ3n) is 6.92. The molecular weight excluding hydrogens is 590 g/mol. The van der Waals surface area contributed by atoms with Crippen LogP contribution in [0, 0.1) is 0 Å². The van der Waals surface area contributed by atoms with Gasteiger partial charge in [0, 0.05) is 0 Å². The lowest BCUT2D eigenvalue weighted by molar-refractivity contribution is 0.218. The van der Waals surface area contributed by atoms with Gasteiger partial charge in [-0.1, -0.05) is 109 Å². The standard InChI is InChI=1S/C36H42O6P2/c1-5-39-43(37,40-6-2)27-29-19-23-33(24-20-29)35(31-15-11-9-12-16-31)36(32-17-13-10-14-18-32)34-25-21-30(22-26-34)28-44(38,41-7-3)42-8-4/h9-26H,5-8,27-28H2,1-4H3/b36-35+. The second kappa shape index (κ2) is 16.3. The topological polar surface area (TPSA) is 71.1 Å². The first-order chi connectivity index (χ1) is 21.3. The Balaban J connectivity index is 1.83. The Morgan fingerprint density at radius 2 is 0.705 bits per heavy atom. The van der Waals surface area contributed by atoms with E-state index in [0.717, 1.165) is 44.5 Å². The van der Waals surface area contributed by atoms with Crippen LogP contribution in [0.15, 0.2) is 109 Å².